The Morgan fingerprint density at radius 3 is 2.91 bits per heavy atom. The summed E-state index contributed by atoms with van der Waals surface area (Å²) in [5, 5.41) is 0. The van der Waals surface area contributed by atoms with Gasteiger partial charge in [0.2, 0.25) is 0 Å². The number of hydrogen-bond donors (Lipinski definition) is 0. The molecule has 2 nitrogen and oxygen atoms in total. The molecule has 0 atom stereocenters. The maximum atomic E-state index is 10.7. The van der Waals surface area contributed by atoms with Gasteiger partial charge in [-0.05, 0) is 19.1 Å². The van der Waals surface area contributed by atoms with Gasteiger partial charge in [0.15, 0.2) is 0 Å². The van der Waals surface area contributed by atoms with Crippen molar-refractivity contribution in [2.24, 2.45) is 0 Å². The molecule has 0 saturated heterocycles. The molecular formula is C7H13ClO2S. The number of halogens is 1. The molecule has 0 aliphatic carbocycles. The number of hydrogen-bond acceptors (Lipinski definition) is 3. The second kappa shape index (κ2) is 8.21. The van der Waals surface area contributed by atoms with E-state index in [2.05, 4.69) is 0 Å². The van der Waals surface area contributed by atoms with E-state index in [4.69, 9.17) is 16.3 Å². The van der Waals surface area contributed by atoms with Crippen molar-refractivity contribution in [1.82, 2.24) is 0 Å². The quantitative estimate of drug-likeness (QED) is 0.369. The van der Waals surface area contributed by atoms with Crippen molar-refractivity contribution in [1.29, 1.82) is 0 Å². The van der Waals surface area contributed by atoms with Gasteiger partial charge in [-0.3, -0.25) is 4.79 Å². The molecule has 66 valence electrons. The van der Waals surface area contributed by atoms with E-state index in [1.165, 1.54) is 0 Å². The highest BCUT2D eigenvalue weighted by Gasteiger charge is 1.99. The maximum absolute atomic E-state index is 10.7. The number of ether oxygens (including phenoxy) is 1. The van der Waals surface area contributed by atoms with E-state index in [9.17, 15) is 4.79 Å². The molecule has 0 unspecified atom stereocenters. The van der Waals surface area contributed by atoms with Gasteiger partial charge in [0.1, 0.15) is 0 Å². The molecule has 0 aromatic carbocycles. The Labute approximate surface area is 76.6 Å². The van der Waals surface area contributed by atoms with Crippen LogP contribution in [0, 0.1) is 0 Å². The van der Waals surface area contributed by atoms with Crippen molar-refractivity contribution >= 4 is 29.3 Å². The summed E-state index contributed by atoms with van der Waals surface area (Å²) >= 11 is 7.02. The van der Waals surface area contributed by atoms with E-state index < -0.39 is 0 Å². The monoisotopic (exact) mass is 196 g/mol. The summed E-state index contributed by atoms with van der Waals surface area (Å²) in [7, 11) is 0. The van der Waals surface area contributed by atoms with Crippen LogP contribution in [0.2, 0.25) is 0 Å². The van der Waals surface area contributed by atoms with E-state index >= 15 is 0 Å². The third-order valence-electron chi connectivity index (χ3n) is 0.948. The molecule has 0 heterocycles. The minimum absolute atomic E-state index is 0.132. The maximum Gasteiger partial charge on any atom is 0.315 e. The highest BCUT2D eigenvalue weighted by Crippen LogP contribution is 2.03. The lowest BCUT2D eigenvalue weighted by atomic mass is 10.6. The fourth-order valence-corrected chi connectivity index (χ4v) is 1.55. The summed E-state index contributed by atoms with van der Waals surface area (Å²) < 4.78 is 4.73. The number of thioether (sulfide) groups is 1. The number of rotatable bonds is 6. The zero-order valence-electron chi connectivity index (χ0n) is 6.64. The van der Waals surface area contributed by atoms with Crippen LogP contribution in [0.25, 0.3) is 0 Å². The van der Waals surface area contributed by atoms with Gasteiger partial charge in [-0.15, -0.1) is 11.6 Å². The van der Waals surface area contributed by atoms with Crippen LogP contribution in [-0.4, -0.2) is 30.0 Å². The van der Waals surface area contributed by atoms with Crippen LogP contribution in [0.3, 0.4) is 0 Å². The van der Waals surface area contributed by atoms with Crippen molar-refractivity contribution in [3.63, 3.8) is 0 Å². The van der Waals surface area contributed by atoms with Crippen LogP contribution in [0.15, 0.2) is 0 Å². The SMILES string of the molecule is CCOC(=O)CSCCCCl. The molecule has 0 amide bonds. The summed E-state index contributed by atoms with van der Waals surface area (Å²) in [6, 6.07) is 0. The topological polar surface area (TPSA) is 26.3 Å². The summed E-state index contributed by atoms with van der Waals surface area (Å²) in [6.07, 6.45) is 0.950. The molecule has 0 fully saturated rings. The Hall–Kier alpha value is 0.110. The van der Waals surface area contributed by atoms with Crippen molar-refractivity contribution in [2.75, 3.05) is 24.0 Å². The van der Waals surface area contributed by atoms with Crippen LogP contribution < -0.4 is 0 Å². The molecule has 11 heavy (non-hydrogen) atoms. The lowest BCUT2D eigenvalue weighted by Crippen LogP contribution is -2.06. The standard InChI is InChI=1S/C7H13ClO2S/c1-2-10-7(9)6-11-5-3-4-8/h2-6H2,1H3. The average molecular weight is 197 g/mol. The molecule has 4 heteroatoms. The molecule has 0 bridgehead atoms. The van der Waals surface area contributed by atoms with Crippen molar-refractivity contribution in [2.45, 2.75) is 13.3 Å². The van der Waals surface area contributed by atoms with Crippen LogP contribution in [-0.2, 0) is 9.53 Å². The molecule has 0 aliphatic rings. The minimum Gasteiger partial charge on any atom is -0.465 e. The summed E-state index contributed by atoms with van der Waals surface area (Å²) in [6.45, 7) is 2.27. The van der Waals surface area contributed by atoms with Gasteiger partial charge < -0.3 is 4.74 Å². The van der Waals surface area contributed by atoms with Gasteiger partial charge in [-0.2, -0.15) is 11.8 Å². The molecular weight excluding hydrogens is 184 g/mol. The van der Waals surface area contributed by atoms with Crippen molar-refractivity contribution in [3.8, 4) is 0 Å². The van der Waals surface area contributed by atoms with Crippen LogP contribution in [0.5, 0.6) is 0 Å². The molecule has 0 radical (unpaired) electrons. The zero-order chi connectivity index (χ0) is 8.53. The number of carbonyl (C=O) groups excluding carboxylic acids is 1. The lowest BCUT2D eigenvalue weighted by molar-refractivity contribution is -0.139. The smallest absolute Gasteiger partial charge is 0.315 e. The summed E-state index contributed by atoms with van der Waals surface area (Å²) in [5.74, 6) is 1.91. The molecule has 0 saturated carbocycles. The van der Waals surface area contributed by atoms with Gasteiger partial charge in [0.05, 0.1) is 12.4 Å². The summed E-state index contributed by atoms with van der Waals surface area (Å²) in [4.78, 5) is 10.7. The van der Waals surface area contributed by atoms with Crippen molar-refractivity contribution in [3.05, 3.63) is 0 Å². The van der Waals surface area contributed by atoms with Crippen LogP contribution in [0.4, 0.5) is 0 Å². The van der Waals surface area contributed by atoms with Gasteiger partial charge in [0, 0.05) is 5.88 Å². The predicted molar refractivity (Wildman–Crippen MR) is 49.3 cm³/mol. The Bertz CT molecular complexity index is 109. The van der Waals surface area contributed by atoms with Crippen LogP contribution >= 0.6 is 23.4 Å². The molecule has 0 aliphatic heterocycles. The molecule has 0 rings (SSSR count). The number of alkyl halides is 1. The third-order valence-corrected chi connectivity index (χ3v) is 2.23. The van der Waals surface area contributed by atoms with Crippen LogP contribution in [0.1, 0.15) is 13.3 Å². The predicted octanol–water partition coefficient (Wildman–Crippen LogP) is 1.91. The first-order valence-electron chi connectivity index (χ1n) is 3.60. The van der Waals surface area contributed by atoms with E-state index in [-0.39, 0.29) is 5.97 Å². The summed E-state index contributed by atoms with van der Waals surface area (Å²) in [5.41, 5.74) is 0. The molecule has 0 aromatic rings. The molecule has 0 N–H and O–H groups in total. The average Bonchev–Trinajstić information content (AvgIpc) is 1.99. The highest BCUT2D eigenvalue weighted by molar-refractivity contribution is 7.99. The van der Waals surface area contributed by atoms with E-state index in [1.54, 1.807) is 18.7 Å². The number of esters is 1. The normalized spacial score (nSPS) is 9.64. The number of carbonyl (C=O) groups is 1. The lowest BCUT2D eigenvalue weighted by Gasteiger charge is -1.99. The Kier molecular flexibility index (Phi) is 8.29. The second-order valence-electron chi connectivity index (χ2n) is 1.90. The fourth-order valence-electron chi connectivity index (χ4n) is 0.515. The first-order chi connectivity index (χ1) is 5.31. The Morgan fingerprint density at radius 2 is 2.36 bits per heavy atom. The third kappa shape index (κ3) is 8.01. The van der Waals surface area contributed by atoms with Gasteiger partial charge >= 0.3 is 5.97 Å². The Balaban J connectivity index is 3.04. The van der Waals surface area contributed by atoms with Crippen molar-refractivity contribution < 1.29 is 9.53 Å². The molecule has 0 spiro atoms. The fraction of sp³-hybridized carbons (Fsp3) is 0.857. The largest absolute Gasteiger partial charge is 0.465 e. The molecule has 0 aromatic heterocycles. The van der Waals surface area contributed by atoms with E-state index in [0.717, 1.165) is 12.2 Å². The van der Waals surface area contributed by atoms with Gasteiger partial charge in [-0.1, -0.05) is 0 Å². The zero-order valence-corrected chi connectivity index (χ0v) is 8.21. The highest BCUT2D eigenvalue weighted by atomic mass is 35.5. The minimum atomic E-state index is -0.132. The van der Waals surface area contributed by atoms with E-state index in [0.29, 0.717) is 18.2 Å². The first kappa shape index (κ1) is 11.1. The van der Waals surface area contributed by atoms with E-state index in [1.807, 2.05) is 0 Å². The van der Waals surface area contributed by atoms with Gasteiger partial charge in [-0.25, -0.2) is 0 Å². The van der Waals surface area contributed by atoms with Gasteiger partial charge in [0.25, 0.3) is 0 Å². The second-order valence-corrected chi connectivity index (χ2v) is 3.38. The Morgan fingerprint density at radius 1 is 1.64 bits per heavy atom. The first-order valence-corrected chi connectivity index (χ1v) is 5.29.